The predicted molar refractivity (Wildman–Crippen MR) is 139 cm³/mol. The third-order valence-corrected chi connectivity index (χ3v) is 6.24. The number of ketones is 1. The first kappa shape index (κ1) is 25.0. The second-order valence-electron chi connectivity index (χ2n) is 9.22. The molecule has 1 N–H and O–H groups in total. The minimum absolute atomic E-state index is 0.0534. The highest BCUT2D eigenvalue weighted by Gasteiger charge is 2.46. The van der Waals surface area contributed by atoms with Crippen molar-refractivity contribution in [3.63, 3.8) is 0 Å². The second-order valence-corrected chi connectivity index (χ2v) is 9.22. The van der Waals surface area contributed by atoms with E-state index in [0.717, 1.165) is 12.0 Å². The molecule has 0 bridgehead atoms. The Kier molecular flexibility index (Phi) is 7.74. The molecule has 0 saturated carbocycles. The van der Waals surface area contributed by atoms with Gasteiger partial charge < -0.3 is 19.5 Å². The maximum absolute atomic E-state index is 13.3. The van der Waals surface area contributed by atoms with Gasteiger partial charge in [-0.3, -0.25) is 9.59 Å². The molecule has 4 rings (SSSR count). The van der Waals surface area contributed by atoms with E-state index in [1.165, 1.54) is 4.90 Å². The van der Waals surface area contributed by atoms with Crippen LogP contribution in [0.5, 0.6) is 11.5 Å². The van der Waals surface area contributed by atoms with Gasteiger partial charge in [0.2, 0.25) is 0 Å². The first-order valence-corrected chi connectivity index (χ1v) is 12.1. The molecule has 1 aliphatic rings. The van der Waals surface area contributed by atoms with Crippen LogP contribution in [-0.2, 0) is 16.1 Å². The number of benzene rings is 3. The summed E-state index contributed by atoms with van der Waals surface area (Å²) in [5.41, 5.74) is 2.05. The average Bonchev–Trinajstić information content (AvgIpc) is 3.14. The van der Waals surface area contributed by atoms with Crippen LogP contribution in [-0.4, -0.2) is 35.4 Å². The SMILES string of the molecule is COc1cc(C2C(=C(O)c3ccccc3)C(=O)C(=O)N2Cc2ccccc2)ccc1OCCC(C)C. The van der Waals surface area contributed by atoms with E-state index in [4.69, 9.17) is 9.47 Å². The largest absolute Gasteiger partial charge is 0.507 e. The standard InChI is InChI=1S/C30H31NO5/c1-20(2)16-17-36-24-15-14-23(18-25(24)35-3)27-26(28(32)22-12-8-5-9-13-22)29(33)30(34)31(27)19-21-10-6-4-7-11-21/h4-15,18,20,27,32H,16-17,19H2,1-3H3. The number of Topliss-reactive ketones (excluding diaryl/α,β-unsaturated/α-hetero) is 1. The van der Waals surface area contributed by atoms with E-state index in [-0.39, 0.29) is 17.9 Å². The minimum atomic E-state index is -0.788. The van der Waals surface area contributed by atoms with Crippen LogP contribution in [0.15, 0.2) is 84.4 Å². The fraction of sp³-hybridized carbons (Fsp3) is 0.267. The molecule has 3 aromatic rings. The molecule has 3 aromatic carbocycles. The molecule has 1 fully saturated rings. The number of methoxy groups -OCH3 is 1. The molecule has 1 atom stereocenters. The summed E-state index contributed by atoms with van der Waals surface area (Å²) in [5.74, 6) is 0.0223. The number of nitrogens with zero attached hydrogens (tertiary/aromatic N) is 1. The smallest absolute Gasteiger partial charge is 0.295 e. The quantitative estimate of drug-likeness (QED) is 0.238. The van der Waals surface area contributed by atoms with Gasteiger partial charge in [0.05, 0.1) is 25.3 Å². The van der Waals surface area contributed by atoms with Crippen LogP contribution in [0.4, 0.5) is 0 Å². The van der Waals surface area contributed by atoms with Crippen molar-refractivity contribution in [1.29, 1.82) is 0 Å². The normalized spacial score (nSPS) is 17.0. The Labute approximate surface area is 211 Å². The zero-order valence-electron chi connectivity index (χ0n) is 20.8. The minimum Gasteiger partial charge on any atom is -0.507 e. The van der Waals surface area contributed by atoms with Gasteiger partial charge in [-0.25, -0.2) is 0 Å². The summed E-state index contributed by atoms with van der Waals surface area (Å²) in [4.78, 5) is 28.0. The third kappa shape index (κ3) is 5.28. The fourth-order valence-electron chi connectivity index (χ4n) is 4.30. The van der Waals surface area contributed by atoms with Gasteiger partial charge >= 0.3 is 0 Å². The van der Waals surface area contributed by atoms with Gasteiger partial charge in [0.15, 0.2) is 11.5 Å². The Balaban J connectivity index is 1.79. The number of amides is 1. The number of likely N-dealkylation sites (tertiary alicyclic amines) is 1. The van der Waals surface area contributed by atoms with E-state index in [1.54, 1.807) is 43.5 Å². The number of ether oxygens (including phenoxy) is 2. The van der Waals surface area contributed by atoms with Gasteiger partial charge in [-0.05, 0) is 35.6 Å². The predicted octanol–water partition coefficient (Wildman–Crippen LogP) is 5.74. The van der Waals surface area contributed by atoms with Crippen molar-refractivity contribution in [2.75, 3.05) is 13.7 Å². The number of carbonyl (C=O) groups is 2. The van der Waals surface area contributed by atoms with Gasteiger partial charge in [-0.2, -0.15) is 0 Å². The van der Waals surface area contributed by atoms with E-state index < -0.39 is 17.7 Å². The lowest BCUT2D eigenvalue weighted by Gasteiger charge is -2.26. The first-order chi connectivity index (χ1) is 17.4. The molecular weight excluding hydrogens is 454 g/mol. The number of carbonyl (C=O) groups excluding carboxylic acids is 2. The van der Waals surface area contributed by atoms with Gasteiger partial charge in [0.1, 0.15) is 5.76 Å². The van der Waals surface area contributed by atoms with Crippen LogP contribution >= 0.6 is 0 Å². The van der Waals surface area contributed by atoms with E-state index in [9.17, 15) is 14.7 Å². The topological polar surface area (TPSA) is 76.1 Å². The summed E-state index contributed by atoms with van der Waals surface area (Å²) in [6, 6.07) is 22.9. The highest BCUT2D eigenvalue weighted by molar-refractivity contribution is 6.46. The number of aliphatic hydroxyl groups is 1. The molecule has 1 saturated heterocycles. The lowest BCUT2D eigenvalue weighted by molar-refractivity contribution is -0.140. The van der Waals surface area contributed by atoms with Gasteiger partial charge in [-0.1, -0.05) is 80.6 Å². The number of rotatable bonds is 9. The Bertz CT molecular complexity index is 1250. The summed E-state index contributed by atoms with van der Waals surface area (Å²) in [7, 11) is 1.55. The molecule has 36 heavy (non-hydrogen) atoms. The van der Waals surface area contributed by atoms with Crippen molar-refractivity contribution in [2.45, 2.75) is 32.9 Å². The number of hydrogen-bond acceptors (Lipinski definition) is 5. The van der Waals surface area contributed by atoms with Gasteiger partial charge in [0, 0.05) is 12.1 Å². The van der Waals surface area contributed by atoms with E-state index >= 15 is 0 Å². The van der Waals surface area contributed by atoms with Crippen molar-refractivity contribution in [1.82, 2.24) is 4.90 Å². The summed E-state index contributed by atoms with van der Waals surface area (Å²) in [6.07, 6.45) is 0.902. The van der Waals surface area contributed by atoms with E-state index in [1.807, 2.05) is 42.5 Å². The fourth-order valence-corrected chi connectivity index (χ4v) is 4.30. The molecular formula is C30H31NO5. The van der Waals surface area contributed by atoms with Crippen molar-refractivity contribution < 1.29 is 24.2 Å². The highest BCUT2D eigenvalue weighted by atomic mass is 16.5. The zero-order valence-corrected chi connectivity index (χ0v) is 20.8. The van der Waals surface area contributed by atoms with Gasteiger partial charge in [-0.15, -0.1) is 0 Å². The Hall–Kier alpha value is -4.06. The lowest BCUT2D eigenvalue weighted by atomic mass is 9.95. The molecule has 1 amide bonds. The number of hydrogen-bond donors (Lipinski definition) is 1. The second kappa shape index (κ2) is 11.1. The Morgan fingerprint density at radius 1 is 0.944 bits per heavy atom. The van der Waals surface area contributed by atoms with Gasteiger partial charge in [0.25, 0.3) is 11.7 Å². The first-order valence-electron chi connectivity index (χ1n) is 12.1. The van der Waals surface area contributed by atoms with Crippen LogP contribution in [0.1, 0.15) is 43.0 Å². The molecule has 6 heteroatoms. The molecule has 1 unspecified atom stereocenters. The molecule has 6 nitrogen and oxygen atoms in total. The van der Waals surface area contributed by atoms with Crippen LogP contribution < -0.4 is 9.47 Å². The molecule has 1 heterocycles. The highest BCUT2D eigenvalue weighted by Crippen LogP contribution is 2.42. The van der Waals surface area contributed by atoms with Crippen LogP contribution in [0.25, 0.3) is 5.76 Å². The number of aliphatic hydroxyl groups excluding tert-OH is 1. The molecule has 0 radical (unpaired) electrons. The van der Waals surface area contributed by atoms with Crippen LogP contribution in [0.3, 0.4) is 0 Å². The van der Waals surface area contributed by atoms with Crippen molar-refractivity contribution >= 4 is 17.4 Å². The molecule has 1 aliphatic heterocycles. The maximum Gasteiger partial charge on any atom is 0.295 e. The van der Waals surface area contributed by atoms with Crippen molar-refractivity contribution in [3.05, 3.63) is 101 Å². The summed E-state index contributed by atoms with van der Waals surface area (Å²) in [6.45, 7) is 5.03. The summed E-state index contributed by atoms with van der Waals surface area (Å²) in [5, 5.41) is 11.2. The van der Waals surface area contributed by atoms with Crippen LogP contribution in [0.2, 0.25) is 0 Å². The monoisotopic (exact) mass is 485 g/mol. The summed E-state index contributed by atoms with van der Waals surface area (Å²) < 4.78 is 11.5. The zero-order chi connectivity index (χ0) is 25.7. The van der Waals surface area contributed by atoms with Crippen molar-refractivity contribution in [2.24, 2.45) is 5.92 Å². The molecule has 0 spiro atoms. The molecule has 186 valence electrons. The molecule has 0 aromatic heterocycles. The maximum atomic E-state index is 13.3. The van der Waals surface area contributed by atoms with E-state index in [2.05, 4.69) is 13.8 Å². The average molecular weight is 486 g/mol. The molecule has 0 aliphatic carbocycles. The van der Waals surface area contributed by atoms with Crippen LogP contribution in [0, 0.1) is 5.92 Å². The lowest BCUT2D eigenvalue weighted by Crippen LogP contribution is -2.29. The third-order valence-electron chi connectivity index (χ3n) is 6.24. The Morgan fingerprint density at radius 3 is 2.25 bits per heavy atom. The van der Waals surface area contributed by atoms with E-state index in [0.29, 0.717) is 35.2 Å². The van der Waals surface area contributed by atoms with Crippen molar-refractivity contribution in [3.8, 4) is 11.5 Å². The summed E-state index contributed by atoms with van der Waals surface area (Å²) >= 11 is 0. The Morgan fingerprint density at radius 2 is 1.61 bits per heavy atom.